The number of aliphatic hydroxyl groups excluding tert-OH is 1. The van der Waals surface area contributed by atoms with Crippen LogP contribution in [0.25, 0.3) is 0 Å². The number of piperidine rings is 2. The molecule has 0 bridgehead atoms. The smallest absolute Gasteiger partial charge is 0.231 e. The minimum atomic E-state index is -0.720. The molecule has 0 unspecified atom stereocenters. The molecule has 7 heteroatoms. The first-order valence-corrected chi connectivity index (χ1v) is 12.2. The molecular weight excluding hydrogens is 443 g/mol. The first kappa shape index (κ1) is 23.6. The van der Waals surface area contributed by atoms with E-state index in [-0.39, 0.29) is 18.3 Å². The third kappa shape index (κ3) is 4.97. The Kier molecular flexibility index (Phi) is 6.62. The number of halogens is 1. The third-order valence-electron chi connectivity index (χ3n) is 7.27. The van der Waals surface area contributed by atoms with Gasteiger partial charge in [-0.1, -0.05) is 42.5 Å². The Hall–Kier alpha value is -3.16. The lowest BCUT2D eigenvalue weighted by Crippen LogP contribution is -2.60. The molecule has 2 saturated heterocycles. The number of aromatic nitrogens is 2. The number of carbonyl (C=O) groups excluding carboxylic acids is 1. The van der Waals surface area contributed by atoms with E-state index in [2.05, 4.69) is 14.9 Å². The van der Waals surface area contributed by atoms with Gasteiger partial charge in [0.25, 0.3) is 0 Å². The maximum absolute atomic E-state index is 14.2. The van der Waals surface area contributed by atoms with Gasteiger partial charge in [0.2, 0.25) is 5.91 Å². The van der Waals surface area contributed by atoms with Crippen molar-refractivity contribution in [3.8, 4) is 0 Å². The van der Waals surface area contributed by atoms with Crippen LogP contribution in [0.1, 0.15) is 47.8 Å². The predicted molar refractivity (Wildman–Crippen MR) is 130 cm³/mol. The van der Waals surface area contributed by atoms with Gasteiger partial charge in [-0.3, -0.25) is 19.7 Å². The summed E-state index contributed by atoms with van der Waals surface area (Å²) in [5.74, 6) is -0.304. The Morgan fingerprint density at radius 3 is 2.66 bits per heavy atom. The van der Waals surface area contributed by atoms with E-state index in [1.165, 1.54) is 12.1 Å². The molecule has 1 N–H and O–H groups in total. The summed E-state index contributed by atoms with van der Waals surface area (Å²) in [4.78, 5) is 27.1. The molecule has 35 heavy (non-hydrogen) atoms. The number of likely N-dealkylation sites (tertiary alicyclic amines) is 2. The van der Waals surface area contributed by atoms with Crippen molar-refractivity contribution in [2.75, 3.05) is 13.1 Å². The van der Waals surface area contributed by atoms with Gasteiger partial charge < -0.3 is 10.0 Å². The average Bonchev–Trinajstić information content (AvgIpc) is 2.85. The Balaban J connectivity index is 1.45. The number of rotatable bonds is 5. The fourth-order valence-corrected chi connectivity index (χ4v) is 5.73. The monoisotopic (exact) mass is 474 g/mol. The van der Waals surface area contributed by atoms with E-state index in [1.54, 1.807) is 23.4 Å². The van der Waals surface area contributed by atoms with E-state index < -0.39 is 17.6 Å². The van der Waals surface area contributed by atoms with Gasteiger partial charge in [0.05, 0.1) is 28.9 Å². The molecular formula is C28H31FN4O2. The lowest BCUT2D eigenvalue weighted by atomic mass is 9.69. The van der Waals surface area contributed by atoms with Crippen molar-refractivity contribution in [3.05, 3.63) is 95.3 Å². The highest BCUT2D eigenvalue weighted by molar-refractivity contribution is 5.85. The summed E-state index contributed by atoms with van der Waals surface area (Å²) >= 11 is 0. The van der Waals surface area contributed by atoms with Gasteiger partial charge in [-0.2, -0.15) is 0 Å². The largest absolute Gasteiger partial charge is 0.391 e. The van der Waals surface area contributed by atoms with Crippen molar-refractivity contribution in [2.24, 2.45) is 5.41 Å². The fraction of sp³-hybridized carbons (Fsp3) is 0.393. The van der Waals surface area contributed by atoms with E-state index >= 15 is 0 Å². The summed E-state index contributed by atoms with van der Waals surface area (Å²) in [5, 5.41) is 11.5. The van der Waals surface area contributed by atoms with Crippen molar-refractivity contribution in [1.82, 2.24) is 19.8 Å². The number of hydrogen-bond acceptors (Lipinski definition) is 5. The highest BCUT2D eigenvalue weighted by Crippen LogP contribution is 2.46. The molecule has 0 saturated carbocycles. The maximum Gasteiger partial charge on any atom is 0.231 e. The molecule has 5 rings (SSSR count). The van der Waals surface area contributed by atoms with Crippen LogP contribution in [-0.4, -0.2) is 50.0 Å². The Morgan fingerprint density at radius 2 is 1.91 bits per heavy atom. The number of aryl methyl sites for hydroxylation is 1. The summed E-state index contributed by atoms with van der Waals surface area (Å²) < 4.78 is 14.0. The van der Waals surface area contributed by atoms with Crippen molar-refractivity contribution in [1.29, 1.82) is 0 Å². The fourth-order valence-electron chi connectivity index (χ4n) is 5.73. The van der Waals surface area contributed by atoms with E-state index in [0.717, 1.165) is 36.3 Å². The van der Waals surface area contributed by atoms with Crippen LogP contribution < -0.4 is 0 Å². The molecule has 1 amide bonds. The Labute approximate surface area is 205 Å². The van der Waals surface area contributed by atoms with Crippen LogP contribution in [-0.2, 0) is 17.9 Å². The first-order chi connectivity index (χ1) is 16.9. The van der Waals surface area contributed by atoms with Gasteiger partial charge in [0, 0.05) is 32.0 Å². The number of hydrogen-bond donors (Lipinski definition) is 1. The lowest BCUT2D eigenvalue weighted by molar-refractivity contribution is -0.166. The molecule has 3 atom stereocenters. The number of carbonyl (C=O) groups is 1. The van der Waals surface area contributed by atoms with Gasteiger partial charge in [0.1, 0.15) is 5.82 Å². The molecule has 6 nitrogen and oxygen atoms in total. The molecule has 1 aromatic heterocycles. The zero-order valence-corrected chi connectivity index (χ0v) is 20.0. The normalized spacial score (nSPS) is 25.2. The van der Waals surface area contributed by atoms with Gasteiger partial charge >= 0.3 is 0 Å². The highest BCUT2D eigenvalue weighted by Gasteiger charge is 2.53. The van der Waals surface area contributed by atoms with Crippen LogP contribution in [0.4, 0.5) is 4.39 Å². The number of benzene rings is 2. The van der Waals surface area contributed by atoms with E-state index in [9.17, 15) is 14.3 Å². The van der Waals surface area contributed by atoms with Crippen molar-refractivity contribution in [3.63, 3.8) is 0 Å². The second-order valence-corrected chi connectivity index (χ2v) is 9.93. The quantitative estimate of drug-likeness (QED) is 0.605. The van der Waals surface area contributed by atoms with E-state index in [0.29, 0.717) is 25.1 Å². The maximum atomic E-state index is 14.2. The zero-order chi connectivity index (χ0) is 24.4. The van der Waals surface area contributed by atoms with Gasteiger partial charge in [-0.05, 0) is 56.0 Å². The second-order valence-electron chi connectivity index (χ2n) is 9.93. The SMILES string of the molecule is Cc1cnc(CN2CCC[C@]3(C[C@@H](O)[C@H](c4ccccc4)N(Cc4cccc(F)c4)C3=O)C2)cn1. The molecule has 2 aliphatic heterocycles. The van der Waals surface area contributed by atoms with Crippen LogP contribution in [0.5, 0.6) is 0 Å². The number of aliphatic hydroxyl groups is 1. The summed E-state index contributed by atoms with van der Waals surface area (Å²) in [7, 11) is 0. The van der Waals surface area contributed by atoms with Crippen LogP contribution >= 0.6 is 0 Å². The van der Waals surface area contributed by atoms with E-state index in [4.69, 9.17) is 0 Å². The van der Waals surface area contributed by atoms with Crippen LogP contribution in [0.3, 0.4) is 0 Å². The summed E-state index contributed by atoms with van der Waals surface area (Å²) in [6, 6.07) is 15.5. The van der Waals surface area contributed by atoms with Crippen molar-refractivity contribution in [2.45, 2.75) is 51.4 Å². The minimum absolute atomic E-state index is 0.0283. The van der Waals surface area contributed by atoms with Crippen molar-refractivity contribution >= 4 is 5.91 Å². The van der Waals surface area contributed by atoms with Crippen LogP contribution in [0.2, 0.25) is 0 Å². The first-order valence-electron chi connectivity index (χ1n) is 12.2. The lowest BCUT2D eigenvalue weighted by Gasteiger charge is -2.52. The topological polar surface area (TPSA) is 69.6 Å². The van der Waals surface area contributed by atoms with Crippen LogP contribution in [0.15, 0.2) is 67.0 Å². The summed E-state index contributed by atoms with van der Waals surface area (Å²) in [6.07, 6.45) is 4.82. The van der Waals surface area contributed by atoms with E-state index in [1.807, 2.05) is 43.3 Å². The molecule has 182 valence electrons. The molecule has 0 aliphatic carbocycles. The molecule has 3 aromatic rings. The summed E-state index contributed by atoms with van der Waals surface area (Å²) in [5.41, 5.74) is 2.66. The highest BCUT2D eigenvalue weighted by atomic mass is 19.1. The summed E-state index contributed by atoms with van der Waals surface area (Å²) in [6.45, 7) is 4.19. The second kappa shape index (κ2) is 9.84. The zero-order valence-electron chi connectivity index (χ0n) is 20.0. The molecule has 0 radical (unpaired) electrons. The predicted octanol–water partition coefficient (Wildman–Crippen LogP) is 4.04. The minimum Gasteiger partial charge on any atom is -0.391 e. The van der Waals surface area contributed by atoms with Crippen molar-refractivity contribution < 1.29 is 14.3 Å². The Morgan fingerprint density at radius 1 is 1.09 bits per heavy atom. The molecule has 2 aromatic carbocycles. The third-order valence-corrected chi connectivity index (χ3v) is 7.27. The average molecular weight is 475 g/mol. The molecule has 3 heterocycles. The number of nitrogens with zero attached hydrogens (tertiary/aromatic N) is 4. The van der Waals surface area contributed by atoms with Gasteiger partial charge in [-0.15, -0.1) is 0 Å². The number of amides is 1. The molecule has 1 spiro atoms. The van der Waals surface area contributed by atoms with Crippen LogP contribution in [0, 0.1) is 18.2 Å². The Bertz CT molecular complexity index is 1170. The van der Waals surface area contributed by atoms with Gasteiger partial charge in [0.15, 0.2) is 0 Å². The standard InChI is InChI=1S/C28H31FN4O2/c1-20-15-31-24(16-30-20)18-32-12-6-11-28(19-32)14-25(34)26(22-8-3-2-4-9-22)33(27(28)35)17-21-7-5-10-23(29)13-21/h2-5,7-10,13,15-16,25-26,34H,6,11-12,14,17-19H2,1H3/t25-,26+,28+/m1/s1. The van der Waals surface area contributed by atoms with Gasteiger partial charge in [-0.25, -0.2) is 4.39 Å². The molecule has 2 fully saturated rings. The molecule has 2 aliphatic rings.